The van der Waals surface area contributed by atoms with E-state index in [1.165, 1.54) is 11.4 Å². The number of carboxylic acid groups (broad SMARTS) is 1. The molecule has 0 saturated heterocycles. The number of carbonyl (C=O) groups is 1. The van der Waals surface area contributed by atoms with Crippen molar-refractivity contribution in [2.45, 2.75) is 6.92 Å². The normalized spacial score (nSPS) is 7.77. The molecule has 0 amide bonds. The Morgan fingerprint density at radius 3 is 2.08 bits per heavy atom. The molecule has 0 aliphatic rings. The van der Waals surface area contributed by atoms with Gasteiger partial charge in [-0.25, -0.2) is 4.79 Å². The molecule has 0 aliphatic carbocycles. The van der Waals surface area contributed by atoms with Crippen molar-refractivity contribution in [3.63, 3.8) is 0 Å². The summed E-state index contributed by atoms with van der Waals surface area (Å²) in [4.78, 5) is 17.9. The van der Waals surface area contributed by atoms with Crippen LogP contribution in [0.15, 0.2) is 29.6 Å². The first kappa shape index (κ1) is 23.8. The van der Waals surface area contributed by atoms with Gasteiger partial charge >= 0.3 is 95.1 Å². The van der Waals surface area contributed by atoms with Crippen molar-refractivity contribution in [1.82, 2.24) is 0 Å². The van der Waals surface area contributed by atoms with Crippen molar-refractivity contribution < 1.29 is 70.8 Å². The van der Waals surface area contributed by atoms with E-state index in [4.69, 9.17) is 15.2 Å². The SMILES string of the molecule is CC=CC=CC(=O)O.O=NO.[Ca+2].[H-].[H-].[H-].[K+]. The number of hydrogen-bond acceptors (Lipinski definition) is 3. The van der Waals surface area contributed by atoms with Crippen LogP contribution in [0.25, 0.3) is 0 Å². The molecule has 0 rings (SSSR count). The van der Waals surface area contributed by atoms with Gasteiger partial charge in [-0.15, -0.1) is 4.91 Å². The zero-order valence-corrected chi connectivity index (χ0v) is 13.0. The van der Waals surface area contributed by atoms with Crippen LogP contribution in [0.3, 0.4) is 0 Å². The molecule has 0 saturated carbocycles. The van der Waals surface area contributed by atoms with Gasteiger partial charge in [0.2, 0.25) is 0 Å². The minimum Gasteiger partial charge on any atom is -1.00 e. The van der Waals surface area contributed by atoms with Crippen LogP contribution in [0, 0.1) is 4.91 Å². The van der Waals surface area contributed by atoms with Crippen LogP contribution in [0.2, 0.25) is 0 Å². The maximum Gasteiger partial charge on any atom is 2.00 e. The summed E-state index contributed by atoms with van der Waals surface area (Å²) in [7, 11) is 0. The van der Waals surface area contributed by atoms with Crippen LogP contribution >= 0.6 is 0 Å². The predicted molar refractivity (Wildman–Crippen MR) is 48.3 cm³/mol. The van der Waals surface area contributed by atoms with E-state index in [9.17, 15) is 4.79 Å². The Balaban J connectivity index is -0.0000000185. The Kier molecular flexibility index (Phi) is 42.6. The van der Waals surface area contributed by atoms with Crippen LogP contribution < -0.4 is 51.4 Å². The van der Waals surface area contributed by atoms with E-state index in [2.05, 4.69) is 0 Å². The summed E-state index contributed by atoms with van der Waals surface area (Å²) in [5.41, 5.74) is 0. The molecular weight excluding hydrogens is 229 g/mol. The monoisotopic (exact) mass is 241 g/mol. The quantitative estimate of drug-likeness (QED) is 0.198. The first-order chi connectivity index (χ1) is 5.18. The van der Waals surface area contributed by atoms with Crippen molar-refractivity contribution >= 4 is 43.7 Å². The van der Waals surface area contributed by atoms with Gasteiger partial charge in [0, 0.05) is 6.08 Å². The third-order valence-corrected chi connectivity index (χ3v) is 0.542. The van der Waals surface area contributed by atoms with Gasteiger partial charge in [-0.2, -0.15) is 0 Å². The molecule has 0 heterocycles. The van der Waals surface area contributed by atoms with Crippen molar-refractivity contribution in [3.8, 4) is 0 Å². The Morgan fingerprint density at radius 2 is 1.85 bits per heavy atom. The fraction of sp³-hybridized carbons (Fsp3) is 0.167. The summed E-state index contributed by atoms with van der Waals surface area (Å²) < 4.78 is 0. The van der Waals surface area contributed by atoms with Gasteiger partial charge in [0.1, 0.15) is 0 Å². The van der Waals surface area contributed by atoms with Crippen LogP contribution in [0.4, 0.5) is 0 Å². The zero-order chi connectivity index (χ0) is 9.11. The molecule has 0 aromatic carbocycles. The minimum absolute atomic E-state index is 0. The van der Waals surface area contributed by atoms with Crippen molar-refractivity contribution in [2.24, 2.45) is 5.34 Å². The largest absolute Gasteiger partial charge is 2.00 e. The molecule has 0 aromatic rings. The maximum absolute atomic E-state index is 9.75. The van der Waals surface area contributed by atoms with Crippen LogP contribution in [0.5, 0.6) is 0 Å². The van der Waals surface area contributed by atoms with Crippen LogP contribution in [-0.2, 0) is 4.79 Å². The van der Waals surface area contributed by atoms with E-state index in [-0.39, 0.29) is 93.4 Å². The molecule has 13 heavy (non-hydrogen) atoms. The van der Waals surface area contributed by atoms with Crippen molar-refractivity contribution in [3.05, 3.63) is 29.2 Å². The Labute approximate surface area is 153 Å². The molecule has 0 atom stereocenters. The minimum atomic E-state index is -0.914. The van der Waals surface area contributed by atoms with Crippen LogP contribution in [-0.4, -0.2) is 54.0 Å². The Hall–Kier alpha value is 1.25. The van der Waals surface area contributed by atoms with E-state index in [1.807, 2.05) is 6.92 Å². The first-order valence-corrected chi connectivity index (χ1v) is 2.68. The van der Waals surface area contributed by atoms with Gasteiger partial charge < -0.3 is 14.6 Å². The number of aliphatic carboxylic acids is 1. The molecule has 0 spiro atoms. The van der Waals surface area contributed by atoms with E-state index in [0.717, 1.165) is 6.08 Å². The topological polar surface area (TPSA) is 87.0 Å². The average molecular weight is 241 g/mol. The van der Waals surface area contributed by atoms with Gasteiger partial charge in [-0.3, -0.25) is 0 Å². The summed E-state index contributed by atoms with van der Waals surface area (Å²) in [5, 5.41) is 15.9. The van der Waals surface area contributed by atoms with Crippen LogP contribution in [0.1, 0.15) is 11.2 Å². The van der Waals surface area contributed by atoms with Crippen molar-refractivity contribution in [1.29, 1.82) is 0 Å². The van der Waals surface area contributed by atoms with E-state index in [1.54, 1.807) is 12.2 Å². The van der Waals surface area contributed by atoms with E-state index < -0.39 is 5.97 Å². The summed E-state index contributed by atoms with van der Waals surface area (Å²) in [6, 6.07) is 0. The molecule has 0 aliphatic heterocycles. The number of rotatable bonds is 2. The number of hydrogen-bond donors (Lipinski definition) is 2. The Morgan fingerprint density at radius 1 is 1.46 bits per heavy atom. The smallest absolute Gasteiger partial charge is 1.00 e. The van der Waals surface area contributed by atoms with Gasteiger partial charge in [0.25, 0.3) is 0 Å². The summed E-state index contributed by atoms with van der Waals surface area (Å²) >= 11 is 0. The third-order valence-electron chi connectivity index (χ3n) is 0.542. The molecule has 68 valence electrons. The summed E-state index contributed by atoms with van der Waals surface area (Å²) in [6.45, 7) is 1.83. The second-order valence-electron chi connectivity index (χ2n) is 1.30. The first-order valence-electron chi connectivity index (χ1n) is 2.68. The average Bonchev–Trinajstić information content (AvgIpc) is 1.89. The van der Waals surface area contributed by atoms with Gasteiger partial charge in [-0.05, 0) is 6.92 Å². The van der Waals surface area contributed by atoms with Gasteiger partial charge in [-0.1, -0.05) is 18.2 Å². The van der Waals surface area contributed by atoms with Gasteiger partial charge in [0.15, 0.2) is 5.34 Å². The molecule has 0 aromatic heterocycles. The molecule has 7 heteroatoms. The van der Waals surface area contributed by atoms with E-state index in [0.29, 0.717) is 0 Å². The molecule has 0 radical (unpaired) electrons. The molecular formula is C6H12CaKNO4. The number of allylic oxidation sites excluding steroid dienone is 3. The molecule has 0 fully saturated rings. The second-order valence-corrected chi connectivity index (χ2v) is 1.30. The standard InChI is InChI=1S/C6H8O2.Ca.K.HNO2.3H/c1-2-3-4-5-6(7)8;;;2-1-3;;;/h2-5H,1H3,(H,7,8);;;(H,2,3);;;/q;+2;+1;;3*-1. The number of nitrogens with zero attached hydrogens (tertiary/aromatic N) is 1. The predicted octanol–water partition coefficient (Wildman–Crippen LogP) is -1.69. The van der Waals surface area contributed by atoms with Crippen molar-refractivity contribution in [2.75, 3.05) is 0 Å². The fourth-order valence-electron chi connectivity index (χ4n) is 0.249. The third kappa shape index (κ3) is 42.9. The van der Waals surface area contributed by atoms with Gasteiger partial charge in [0.05, 0.1) is 0 Å². The molecule has 0 unspecified atom stereocenters. The molecule has 2 N–H and O–H groups in total. The zero-order valence-electron chi connectivity index (χ0n) is 10.7. The number of carboxylic acids is 1. The summed E-state index contributed by atoms with van der Waals surface area (Å²) in [5.74, 6) is -0.914. The van der Waals surface area contributed by atoms with E-state index >= 15 is 0 Å². The molecule has 5 nitrogen and oxygen atoms in total. The Bertz CT molecular complexity index is 183. The summed E-state index contributed by atoms with van der Waals surface area (Å²) in [6.07, 6.45) is 5.98. The maximum atomic E-state index is 9.75. The molecule has 0 bridgehead atoms. The second kappa shape index (κ2) is 23.2. The fourth-order valence-corrected chi connectivity index (χ4v) is 0.249.